The molecule has 17 heavy (non-hydrogen) atoms. The molecular weight excluding hydrogens is 278 g/mol. The van der Waals surface area contributed by atoms with Crippen LogP contribution in [0.5, 0.6) is 0 Å². The lowest BCUT2D eigenvalue weighted by molar-refractivity contribution is -0.123. The van der Waals surface area contributed by atoms with Gasteiger partial charge in [-0.15, -0.1) is 0 Å². The molecule has 0 fully saturated rings. The van der Waals surface area contributed by atoms with E-state index >= 15 is 0 Å². The molecule has 1 N–H and O–H groups in total. The summed E-state index contributed by atoms with van der Waals surface area (Å²) in [5.74, 6) is 0.423. The maximum Gasteiger partial charge on any atom is 0.227 e. The van der Waals surface area contributed by atoms with E-state index in [2.05, 4.69) is 35.1 Å². The Labute approximate surface area is 112 Å². The molecule has 0 radical (unpaired) electrons. The average Bonchev–Trinajstić information content (AvgIpc) is 2.35. The van der Waals surface area contributed by atoms with Gasteiger partial charge in [0.05, 0.1) is 5.92 Å². The van der Waals surface area contributed by atoms with Gasteiger partial charge in [-0.25, -0.2) is 0 Å². The Morgan fingerprint density at radius 2 is 1.82 bits per heavy atom. The van der Waals surface area contributed by atoms with Gasteiger partial charge in [-0.3, -0.25) is 4.79 Å². The Morgan fingerprint density at radius 3 is 2.29 bits per heavy atom. The molecule has 0 heterocycles. The van der Waals surface area contributed by atoms with Crippen LogP contribution >= 0.6 is 15.9 Å². The maximum atomic E-state index is 12.1. The number of halogens is 1. The monoisotopic (exact) mass is 297 g/mol. The second-order valence-corrected chi connectivity index (χ2v) is 5.29. The molecule has 1 aromatic rings. The third-order valence-corrected chi connectivity index (χ3v) is 3.69. The standard InChI is InChI=1S/C14H20BrNO/c1-10(2)13(9-15)16-14(17)11(3)12-7-5-4-6-8-12/h4-8,10-11,13H,9H2,1-3H3,(H,16,17). The van der Waals surface area contributed by atoms with E-state index in [9.17, 15) is 4.79 Å². The van der Waals surface area contributed by atoms with Crippen molar-refractivity contribution in [1.82, 2.24) is 5.32 Å². The predicted octanol–water partition coefficient (Wildman–Crippen LogP) is 3.33. The van der Waals surface area contributed by atoms with Gasteiger partial charge in [0.1, 0.15) is 0 Å². The molecule has 1 amide bonds. The minimum Gasteiger partial charge on any atom is -0.352 e. The highest BCUT2D eigenvalue weighted by Crippen LogP contribution is 2.15. The zero-order chi connectivity index (χ0) is 12.8. The summed E-state index contributed by atoms with van der Waals surface area (Å²) in [5.41, 5.74) is 1.06. The summed E-state index contributed by atoms with van der Waals surface area (Å²) >= 11 is 3.44. The van der Waals surface area contributed by atoms with Crippen LogP contribution in [0.2, 0.25) is 0 Å². The predicted molar refractivity (Wildman–Crippen MR) is 75.4 cm³/mol. The first kappa shape index (κ1) is 14.2. The van der Waals surface area contributed by atoms with Crippen LogP contribution in [-0.2, 0) is 4.79 Å². The molecule has 3 heteroatoms. The molecule has 0 aliphatic carbocycles. The Morgan fingerprint density at radius 1 is 1.24 bits per heavy atom. The summed E-state index contributed by atoms with van der Waals surface area (Å²) in [5, 5.41) is 3.87. The first-order valence-corrected chi connectivity index (χ1v) is 7.09. The summed E-state index contributed by atoms with van der Waals surface area (Å²) in [7, 11) is 0. The molecule has 94 valence electrons. The Balaban J connectivity index is 2.64. The number of rotatable bonds is 5. The van der Waals surface area contributed by atoms with E-state index in [1.165, 1.54) is 0 Å². The first-order valence-electron chi connectivity index (χ1n) is 5.97. The molecule has 0 saturated carbocycles. The second kappa shape index (κ2) is 6.80. The van der Waals surface area contributed by atoms with Crippen molar-refractivity contribution in [3.63, 3.8) is 0 Å². The van der Waals surface area contributed by atoms with Gasteiger partial charge < -0.3 is 5.32 Å². The molecule has 0 aliphatic heterocycles. The number of nitrogens with one attached hydrogen (secondary N) is 1. The quantitative estimate of drug-likeness (QED) is 0.830. The largest absolute Gasteiger partial charge is 0.352 e. The van der Waals surface area contributed by atoms with Gasteiger partial charge in [0.15, 0.2) is 0 Å². The third-order valence-electron chi connectivity index (χ3n) is 2.99. The van der Waals surface area contributed by atoms with E-state index in [-0.39, 0.29) is 17.9 Å². The van der Waals surface area contributed by atoms with Crippen LogP contribution in [0.4, 0.5) is 0 Å². The first-order chi connectivity index (χ1) is 8.06. The van der Waals surface area contributed by atoms with E-state index in [0.29, 0.717) is 5.92 Å². The molecule has 0 bridgehead atoms. The topological polar surface area (TPSA) is 29.1 Å². The number of carbonyl (C=O) groups excluding carboxylic acids is 1. The molecule has 2 nitrogen and oxygen atoms in total. The smallest absolute Gasteiger partial charge is 0.227 e. The van der Waals surface area contributed by atoms with Crippen LogP contribution in [-0.4, -0.2) is 17.3 Å². The minimum absolute atomic E-state index is 0.0920. The van der Waals surface area contributed by atoms with E-state index in [1.54, 1.807) is 0 Å². The number of carbonyl (C=O) groups is 1. The lowest BCUT2D eigenvalue weighted by Crippen LogP contribution is -2.41. The number of hydrogen-bond donors (Lipinski definition) is 1. The summed E-state index contributed by atoms with van der Waals surface area (Å²) in [6.07, 6.45) is 0. The van der Waals surface area contributed by atoms with Gasteiger partial charge in [0, 0.05) is 11.4 Å². The normalized spacial score (nSPS) is 14.4. The Bertz CT molecular complexity index is 350. The van der Waals surface area contributed by atoms with E-state index in [1.807, 2.05) is 37.3 Å². The summed E-state index contributed by atoms with van der Waals surface area (Å²) in [6, 6.07) is 10.1. The van der Waals surface area contributed by atoms with Gasteiger partial charge >= 0.3 is 0 Å². The fourth-order valence-electron chi connectivity index (χ4n) is 1.58. The van der Waals surface area contributed by atoms with Gasteiger partial charge in [-0.05, 0) is 18.4 Å². The van der Waals surface area contributed by atoms with Crippen molar-refractivity contribution in [2.75, 3.05) is 5.33 Å². The van der Waals surface area contributed by atoms with E-state index < -0.39 is 0 Å². The molecule has 1 rings (SSSR count). The van der Waals surface area contributed by atoms with Crippen molar-refractivity contribution in [3.8, 4) is 0 Å². The molecule has 0 saturated heterocycles. The summed E-state index contributed by atoms with van der Waals surface area (Å²) in [6.45, 7) is 6.16. The van der Waals surface area contributed by atoms with E-state index in [4.69, 9.17) is 0 Å². The molecule has 2 atom stereocenters. The molecule has 0 spiro atoms. The van der Waals surface area contributed by atoms with Gasteiger partial charge in [-0.2, -0.15) is 0 Å². The van der Waals surface area contributed by atoms with E-state index in [0.717, 1.165) is 10.9 Å². The summed E-state index contributed by atoms with van der Waals surface area (Å²) in [4.78, 5) is 12.1. The lowest BCUT2D eigenvalue weighted by Gasteiger charge is -2.22. The van der Waals surface area contributed by atoms with Crippen LogP contribution in [0.3, 0.4) is 0 Å². The maximum absolute atomic E-state index is 12.1. The van der Waals surface area contributed by atoms with Crippen LogP contribution in [0.1, 0.15) is 32.3 Å². The number of amides is 1. The highest BCUT2D eigenvalue weighted by atomic mass is 79.9. The van der Waals surface area contributed by atoms with Crippen molar-refractivity contribution < 1.29 is 4.79 Å². The Hall–Kier alpha value is -0.830. The molecular formula is C14H20BrNO. The SMILES string of the molecule is CC(C(=O)NC(CBr)C(C)C)c1ccccc1. The van der Waals surface area contributed by atoms with Crippen LogP contribution in [0.15, 0.2) is 30.3 Å². The Kier molecular flexibility index (Phi) is 5.69. The molecule has 0 aromatic heterocycles. The fraction of sp³-hybridized carbons (Fsp3) is 0.500. The number of hydrogen-bond acceptors (Lipinski definition) is 1. The third kappa shape index (κ3) is 4.15. The average molecular weight is 298 g/mol. The van der Waals surface area contributed by atoms with Gasteiger partial charge in [-0.1, -0.05) is 60.1 Å². The van der Waals surface area contributed by atoms with Crippen LogP contribution < -0.4 is 5.32 Å². The zero-order valence-electron chi connectivity index (χ0n) is 10.6. The minimum atomic E-state index is -0.100. The van der Waals surface area contributed by atoms with Gasteiger partial charge in [0.25, 0.3) is 0 Å². The lowest BCUT2D eigenvalue weighted by atomic mass is 9.99. The van der Waals surface area contributed by atoms with Gasteiger partial charge in [0.2, 0.25) is 5.91 Å². The van der Waals surface area contributed by atoms with Crippen LogP contribution in [0, 0.1) is 5.92 Å². The zero-order valence-corrected chi connectivity index (χ0v) is 12.2. The highest BCUT2D eigenvalue weighted by Gasteiger charge is 2.20. The van der Waals surface area contributed by atoms with Crippen molar-refractivity contribution in [1.29, 1.82) is 0 Å². The number of benzene rings is 1. The van der Waals surface area contributed by atoms with Crippen molar-refractivity contribution >= 4 is 21.8 Å². The number of alkyl halides is 1. The fourth-order valence-corrected chi connectivity index (χ4v) is 2.49. The summed E-state index contributed by atoms with van der Waals surface area (Å²) < 4.78 is 0. The molecule has 0 aliphatic rings. The van der Waals surface area contributed by atoms with Crippen molar-refractivity contribution in [2.45, 2.75) is 32.7 Å². The molecule has 1 aromatic carbocycles. The van der Waals surface area contributed by atoms with Crippen molar-refractivity contribution in [2.24, 2.45) is 5.92 Å². The van der Waals surface area contributed by atoms with Crippen molar-refractivity contribution in [3.05, 3.63) is 35.9 Å². The molecule has 2 unspecified atom stereocenters. The van der Waals surface area contributed by atoms with Crippen LogP contribution in [0.25, 0.3) is 0 Å². The highest BCUT2D eigenvalue weighted by molar-refractivity contribution is 9.09. The second-order valence-electron chi connectivity index (χ2n) is 4.65.